The molecule has 1 saturated heterocycles. The van der Waals surface area contributed by atoms with Crippen molar-refractivity contribution in [2.24, 2.45) is 5.73 Å². The van der Waals surface area contributed by atoms with E-state index in [1.54, 1.807) is 7.11 Å². The topological polar surface area (TPSA) is 72.6 Å². The third kappa shape index (κ3) is 4.44. The molecule has 3 rings (SSSR count). The highest BCUT2D eigenvalue weighted by Gasteiger charge is 2.34. The molecule has 0 unspecified atom stereocenters. The molecule has 0 spiro atoms. The Morgan fingerprint density at radius 3 is 2.69 bits per heavy atom. The largest absolute Gasteiger partial charge is 0.379 e. The molecule has 0 saturated carbocycles. The Bertz CT molecular complexity index is 659. The van der Waals surface area contributed by atoms with E-state index in [1.165, 1.54) is 24.0 Å². The number of likely N-dealkylation sites (tertiary alicyclic amines) is 1. The number of nitrogens with two attached hydrogens (primary N) is 1. The summed E-state index contributed by atoms with van der Waals surface area (Å²) in [5.74, 6) is -0.204. The van der Waals surface area contributed by atoms with Gasteiger partial charge in [0.15, 0.2) is 0 Å². The quantitative estimate of drug-likeness (QED) is 0.848. The fourth-order valence-corrected chi connectivity index (χ4v) is 4.41. The van der Waals surface area contributed by atoms with Crippen molar-refractivity contribution in [3.8, 4) is 0 Å². The first-order valence-electron chi connectivity index (χ1n) is 9.79. The molecule has 2 aliphatic rings. The maximum Gasteiger partial charge on any atom is 0.227 e. The Kier molecular flexibility index (Phi) is 6.30. The van der Waals surface area contributed by atoms with Gasteiger partial charge in [0.2, 0.25) is 11.8 Å². The second-order valence-electron chi connectivity index (χ2n) is 7.56. The molecule has 1 aromatic rings. The number of amides is 2. The number of hydrogen-bond donors (Lipinski definition) is 1. The van der Waals surface area contributed by atoms with Crippen molar-refractivity contribution in [3.63, 3.8) is 0 Å². The maximum absolute atomic E-state index is 13.0. The van der Waals surface area contributed by atoms with Gasteiger partial charge in [-0.15, -0.1) is 0 Å². The Balaban J connectivity index is 1.70. The SMILES string of the molecule is CO[C@H]1CCCN(C(=O)Cc2ccc3c(c2)CCCC3)[C@H]1CCC(N)=O. The van der Waals surface area contributed by atoms with Crippen LogP contribution in [-0.2, 0) is 33.6 Å². The predicted molar refractivity (Wildman–Crippen MR) is 101 cm³/mol. The van der Waals surface area contributed by atoms with Crippen molar-refractivity contribution in [2.45, 2.75) is 69.9 Å². The molecular weight excluding hydrogens is 328 g/mol. The van der Waals surface area contributed by atoms with Crippen molar-refractivity contribution in [2.75, 3.05) is 13.7 Å². The van der Waals surface area contributed by atoms with Crippen molar-refractivity contribution in [1.29, 1.82) is 0 Å². The summed E-state index contributed by atoms with van der Waals surface area (Å²) >= 11 is 0. The number of benzene rings is 1. The van der Waals surface area contributed by atoms with Crippen LogP contribution >= 0.6 is 0 Å². The molecule has 0 aromatic heterocycles. The molecule has 1 fully saturated rings. The highest BCUT2D eigenvalue weighted by atomic mass is 16.5. The van der Waals surface area contributed by atoms with Crippen LogP contribution in [0.4, 0.5) is 0 Å². The van der Waals surface area contributed by atoms with Gasteiger partial charge >= 0.3 is 0 Å². The number of hydrogen-bond acceptors (Lipinski definition) is 3. The summed E-state index contributed by atoms with van der Waals surface area (Å²) in [6.07, 6.45) is 7.88. The summed E-state index contributed by atoms with van der Waals surface area (Å²) < 4.78 is 5.60. The molecule has 2 atom stereocenters. The molecule has 1 aliphatic carbocycles. The molecule has 1 aromatic carbocycles. The maximum atomic E-state index is 13.0. The standard InChI is InChI=1S/C21H30N2O3/c1-26-19-7-4-12-23(18(19)10-11-20(22)24)21(25)14-15-8-9-16-5-2-3-6-17(16)13-15/h8-9,13,18-19H,2-7,10-12,14H2,1H3,(H2,22,24)/t18-,19-/m0/s1. The second kappa shape index (κ2) is 8.67. The highest BCUT2D eigenvalue weighted by molar-refractivity contribution is 5.79. The molecule has 0 radical (unpaired) electrons. The van der Waals surface area contributed by atoms with Crippen molar-refractivity contribution < 1.29 is 14.3 Å². The first-order chi connectivity index (χ1) is 12.6. The van der Waals surface area contributed by atoms with E-state index < -0.39 is 0 Å². The molecule has 142 valence electrons. The number of aryl methyl sites for hydroxylation is 2. The van der Waals surface area contributed by atoms with Crippen molar-refractivity contribution in [3.05, 3.63) is 34.9 Å². The van der Waals surface area contributed by atoms with Crippen LogP contribution in [0.2, 0.25) is 0 Å². The molecule has 2 amide bonds. The third-order valence-corrected chi connectivity index (χ3v) is 5.80. The highest BCUT2D eigenvalue weighted by Crippen LogP contribution is 2.26. The van der Waals surface area contributed by atoms with Crippen LogP contribution in [0.15, 0.2) is 18.2 Å². The minimum absolute atomic E-state index is 0.0180. The minimum Gasteiger partial charge on any atom is -0.379 e. The monoisotopic (exact) mass is 358 g/mol. The lowest BCUT2D eigenvalue weighted by Crippen LogP contribution is -2.52. The lowest BCUT2D eigenvalue weighted by molar-refractivity contribution is -0.140. The van der Waals surface area contributed by atoms with Gasteiger partial charge in [0.1, 0.15) is 0 Å². The van der Waals surface area contributed by atoms with Crippen LogP contribution < -0.4 is 5.73 Å². The first kappa shape index (κ1) is 18.9. The summed E-state index contributed by atoms with van der Waals surface area (Å²) in [5, 5.41) is 0. The predicted octanol–water partition coefficient (Wildman–Crippen LogP) is 2.38. The lowest BCUT2D eigenvalue weighted by atomic mass is 9.89. The second-order valence-corrected chi connectivity index (χ2v) is 7.56. The molecule has 2 N–H and O–H groups in total. The van der Waals surface area contributed by atoms with E-state index >= 15 is 0 Å². The van der Waals surface area contributed by atoms with Gasteiger partial charge in [0.25, 0.3) is 0 Å². The van der Waals surface area contributed by atoms with Gasteiger partial charge < -0.3 is 15.4 Å². The zero-order valence-corrected chi connectivity index (χ0v) is 15.7. The average Bonchev–Trinajstić information content (AvgIpc) is 2.65. The van der Waals surface area contributed by atoms with Gasteiger partial charge in [-0.1, -0.05) is 18.2 Å². The van der Waals surface area contributed by atoms with E-state index in [9.17, 15) is 9.59 Å². The zero-order valence-electron chi connectivity index (χ0n) is 15.7. The Hall–Kier alpha value is -1.88. The Morgan fingerprint density at radius 2 is 1.96 bits per heavy atom. The first-order valence-corrected chi connectivity index (χ1v) is 9.79. The van der Waals surface area contributed by atoms with Gasteiger partial charge in [-0.25, -0.2) is 0 Å². The number of methoxy groups -OCH3 is 1. The van der Waals surface area contributed by atoms with Crippen LogP contribution in [-0.4, -0.2) is 42.5 Å². The average molecular weight is 358 g/mol. The van der Waals surface area contributed by atoms with Crippen LogP contribution in [0.25, 0.3) is 0 Å². The smallest absolute Gasteiger partial charge is 0.227 e. The molecule has 5 nitrogen and oxygen atoms in total. The number of carbonyl (C=O) groups excluding carboxylic acids is 2. The van der Waals surface area contributed by atoms with Crippen molar-refractivity contribution in [1.82, 2.24) is 4.90 Å². The van der Waals surface area contributed by atoms with E-state index in [4.69, 9.17) is 10.5 Å². The van der Waals surface area contributed by atoms with Gasteiger partial charge in [-0.3, -0.25) is 9.59 Å². The van der Waals surface area contributed by atoms with Crippen LogP contribution in [0.5, 0.6) is 0 Å². The van der Waals surface area contributed by atoms with Crippen LogP contribution in [0, 0.1) is 0 Å². The molecular formula is C21H30N2O3. The zero-order chi connectivity index (χ0) is 18.5. The molecule has 1 aliphatic heterocycles. The lowest BCUT2D eigenvalue weighted by Gasteiger charge is -2.40. The Labute approximate surface area is 155 Å². The van der Waals surface area contributed by atoms with Gasteiger partial charge in [0, 0.05) is 20.1 Å². The summed E-state index contributed by atoms with van der Waals surface area (Å²) in [6.45, 7) is 0.729. The number of primary amides is 1. The number of fused-ring (bicyclic) bond motifs is 1. The molecule has 5 heteroatoms. The number of piperidine rings is 1. The molecule has 26 heavy (non-hydrogen) atoms. The van der Waals surface area contributed by atoms with E-state index in [2.05, 4.69) is 18.2 Å². The van der Waals surface area contributed by atoms with E-state index in [0.29, 0.717) is 12.8 Å². The molecule has 0 bridgehead atoms. The van der Waals surface area contributed by atoms with Crippen LogP contribution in [0.3, 0.4) is 0 Å². The summed E-state index contributed by atoms with van der Waals surface area (Å²) in [7, 11) is 1.68. The normalized spacial score (nSPS) is 22.7. The molecule has 1 heterocycles. The number of ether oxygens (including phenoxy) is 1. The number of carbonyl (C=O) groups is 2. The minimum atomic E-state index is -0.326. The van der Waals surface area contributed by atoms with Gasteiger partial charge in [-0.05, 0) is 61.6 Å². The fourth-order valence-electron chi connectivity index (χ4n) is 4.41. The third-order valence-electron chi connectivity index (χ3n) is 5.80. The summed E-state index contributed by atoms with van der Waals surface area (Å²) in [5.41, 5.74) is 9.25. The van der Waals surface area contributed by atoms with Crippen molar-refractivity contribution >= 4 is 11.8 Å². The van der Waals surface area contributed by atoms with Crippen LogP contribution in [0.1, 0.15) is 55.2 Å². The summed E-state index contributed by atoms with van der Waals surface area (Å²) in [6, 6.07) is 6.43. The number of nitrogens with zero attached hydrogens (tertiary/aromatic N) is 1. The van der Waals surface area contributed by atoms with E-state index in [-0.39, 0.29) is 30.4 Å². The van der Waals surface area contributed by atoms with E-state index in [0.717, 1.165) is 37.8 Å². The number of rotatable bonds is 6. The van der Waals surface area contributed by atoms with Gasteiger partial charge in [-0.2, -0.15) is 0 Å². The Morgan fingerprint density at radius 1 is 1.19 bits per heavy atom. The summed E-state index contributed by atoms with van der Waals surface area (Å²) in [4.78, 5) is 26.1. The fraction of sp³-hybridized carbons (Fsp3) is 0.619. The van der Waals surface area contributed by atoms with E-state index in [1.807, 2.05) is 4.90 Å². The van der Waals surface area contributed by atoms with Gasteiger partial charge in [0.05, 0.1) is 18.6 Å².